The van der Waals surface area contributed by atoms with Crippen molar-refractivity contribution in [1.82, 2.24) is 24.6 Å². The van der Waals surface area contributed by atoms with Crippen molar-refractivity contribution < 1.29 is 0 Å². The third kappa shape index (κ3) is 2.63. The van der Waals surface area contributed by atoms with E-state index in [1.54, 1.807) is 10.9 Å². The predicted molar refractivity (Wildman–Crippen MR) is 71.9 cm³/mol. The average molecular weight is 259 g/mol. The van der Waals surface area contributed by atoms with Gasteiger partial charge in [0.15, 0.2) is 5.65 Å². The molecule has 2 N–H and O–H groups in total. The fourth-order valence-corrected chi connectivity index (χ4v) is 1.83. The molecule has 0 aliphatic rings. The molecule has 0 aromatic carbocycles. The molecule has 0 amide bonds. The number of nitrogens with two attached hydrogens (primary N) is 1. The number of aromatic nitrogens is 4. The maximum atomic E-state index is 8.71. The maximum absolute atomic E-state index is 8.71. The zero-order chi connectivity index (χ0) is 14.0. The highest BCUT2D eigenvalue weighted by atomic mass is 15.3. The van der Waals surface area contributed by atoms with Crippen molar-refractivity contribution in [3.05, 3.63) is 12.0 Å². The van der Waals surface area contributed by atoms with Gasteiger partial charge in [-0.15, -0.1) is 0 Å². The van der Waals surface area contributed by atoms with Crippen molar-refractivity contribution in [3.63, 3.8) is 0 Å². The molecule has 100 valence electrons. The minimum Gasteiger partial charge on any atom is -0.383 e. The van der Waals surface area contributed by atoms with Crippen molar-refractivity contribution in [2.45, 2.75) is 25.9 Å². The molecule has 0 radical (unpaired) electrons. The number of hydrogen-bond acceptors (Lipinski definition) is 6. The monoisotopic (exact) mass is 259 g/mol. The van der Waals surface area contributed by atoms with Crippen LogP contribution in [0.4, 0.5) is 5.82 Å². The second-order valence-corrected chi connectivity index (χ2v) is 4.66. The van der Waals surface area contributed by atoms with E-state index in [2.05, 4.69) is 21.1 Å². The Morgan fingerprint density at radius 1 is 1.53 bits per heavy atom. The van der Waals surface area contributed by atoms with Crippen LogP contribution < -0.4 is 5.73 Å². The van der Waals surface area contributed by atoms with Crippen LogP contribution in [-0.2, 0) is 13.6 Å². The van der Waals surface area contributed by atoms with Crippen molar-refractivity contribution in [2.24, 2.45) is 7.05 Å². The maximum Gasteiger partial charge on any atom is 0.163 e. The molecule has 1 unspecified atom stereocenters. The first-order valence-electron chi connectivity index (χ1n) is 6.04. The van der Waals surface area contributed by atoms with Gasteiger partial charge in [0.1, 0.15) is 11.6 Å². The molecule has 0 saturated heterocycles. The molecule has 2 aromatic rings. The summed E-state index contributed by atoms with van der Waals surface area (Å²) in [5, 5.41) is 13.6. The smallest absolute Gasteiger partial charge is 0.163 e. The highest BCUT2D eigenvalue weighted by Crippen LogP contribution is 2.17. The fourth-order valence-electron chi connectivity index (χ4n) is 1.83. The van der Waals surface area contributed by atoms with E-state index in [-0.39, 0.29) is 6.04 Å². The first-order chi connectivity index (χ1) is 9.02. The number of aryl methyl sites for hydroxylation is 1. The number of rotatable bonds is 4. The minimum atomic E-state index is 0.150. The molecule has 0 fully saturated rings. The number of fused-ring (bicyclic) bond motifs is 1. The van der Waals surface area contributed by atoms with Crippen molar-refractivity contribution in [1.29, 1.82) is 5.26 Å². The lowest BCUT2D eigenvalue weighted by atomic mass is 10.2. The molecule has 7 nitrogen and oxygen atoms in total. The molecule has 2 rings (SSSR count). The van der Waals surface area contributed by atoms with Gasteiger partial charge in [-0.25, -0.2) is 9.97 Å². The summed E-state index contributed by atoms with van der Waals surface area (Å²) in [4.78, 5) is 10.8. The molecule has 0 bridgehead atoms. The van der Waals surface area contributed by atoms with Gasteiger partial charge in [-0.05, 0) is 14.0 Å². The molecular weight excluding hydrogens is 242 g/mol. The van der Waals surface area contributed by atoms with E-state index >= 15 is 0 Å². The summed E-state index contributed by atoms with van der Waals surface area (Å²) >= 11 is 0. The largest absolute Gasteiger partial charge is 0.383 e. The number of anilines is 1. The Morgan fingerprint density at radius 3 is 2.95 bits per heavy atom. The van der Waals surface area contributed by atoms with E-state index < -0.39 is 0 Å². The summed E-state index contributed by atoms with van der Waals surface area (Å²) < 4.78 is 1.68. The first-order valence-corrected chi connectivity index (χ1v) is 6.04. The molecule has 2 aromatic heterocycles. The van der Waals surface area contributed by atoms with Crippen molar-refractivity contribution in [3.8, 4) is 6.07 Å². The average Bonchev–Trinajstić information content (AvgIpc) is 2.72. The quantitative estimate of drug-likeness (QED) is 0.867. The molecular formula is C12H17N7. The van der Waals surface area contributed by atoms with Crippen molar-refractivity contribution >= 4 is 16.9 Å². The third-order valence-corrected chi connectivity index (χ3v) is 3.20. The standard InChI is InChI=1S/C12H17N7/c1-8(4-5-13)18(2)7-10-16-11(14)9-6-15-19(3)12(9)17-10/h6,8H,4,7H2,1-3H3,(H2,14,16,17). The third-order valence-electron chi connectivity index (χ3n) is 3.20. The highest BCUT2D eigenvalue weighted by Gasteiger charge is 2.14. The molecule has 2 heterocycles. The molecule has 7 heteroatoms. The Balaban J connectivity index is 2.26. The van der Waals surface area contributed by atoms with Crippen LogP contribution >= 0.6 is 0 Å². The van der Waals surface area contributed by atoms with Crippen LogP contribution in [-0.4, -0.2) is 37.7 Å². The molecule has 1 atom stereocenters. The summed E-state index contributed by atoms with van der Waals surface area (Å²) in [7, 11) is 3.76. The normalized spacial score (nSPS) is 12.8. The second-order valence-electron chi connectivity index (χ2n) is 4.66. The van der Waals surface area contributed by atoms with Crippen LogP contribution in [0.15, 0.2) is 6.20 Å². The Hall–Kier alpha value is -2.20. The Kier molecular flexibility index (Phi) is 3.62. The number of nitrogen functional groups attached to an aromatic ring is 1. The van der Waals surface area contributed by atoms with Gasteiger partial charge >= 0.3 is 0 Å². The van der Waals surface area contributed by atoms with Gasteiger partial charge < -0.3 is 5.73 Å². The Morgan fingerprint density at radius 2 is 2.26 bits per heavy atom. The van der Waals surface area contributed by atoms with Crippen LogP contribution in [0.25, 0.3) is 11.0 Å². The van der Waals surface area contributed by atoms with Crippen LogP contribution in [0.3, 0.4) is 0 Å². The lowest BCUT2D eigenvalue weighted by Gasteiger charge is -2.21. The van der Waals surface area contributed by atoms with Gasteiger partial charge in [0.25, 0.3) is 0 Å². The van der Waals surface area contributed by atoms with Crippen LogP contribution in [0.1, 0.15) is 19.2 Å². The molecule has 0 spiro atoms. The summed E-state index contributed by atoms with van der Waals surface area (Å²) in [6.07, 6.45) is 2.14. The molecule has 0 aliphatic carbocycles. The minimum absolute atomic E-state index is 0.150. The van der Waals surface area contributed by atoms with E-state index in [0.717, 1.165) is 11.0 Å². The molecule has 0 aliphatic heterocycles. The van der Waals surface area contributed by atoms with E-state index in [4.69, 9.17) is 11.0 Å². The zero-order valence-electron chi connectivity index (χ0n) is 11.3. The van der Waals surface area contributed by atoms with Crippen LogP contribution in [0.5, 0.6) is 0 Å². The summed E-state index contributed by atoms with van der Waals surface area (Å²) in [5.74, 6) is 1.08. The number of nitriles is 1. The highest BCUT2D eigenvalue weighted by molar-refractivity contribution is 5.84. The van der Waals surface area contributed by atoms with Crippen molar-refractivity contribution in [2.75, 3.05) is 12.8 Å². The van der Waals surface area contributed by atoms with E-state index in [1.807, 2.05) is 25.9 Å². The van der Waals surface area contributed by atoms with Crippen LogP contribution in [0.2, 0.25) is 0 Å². The van der Waals surface area contributed by atoms with E-state index in [1.165, 1.54) is 0 Å². The molecule has 19 heavy (non-hydrogen) atoms. The lowest BCUT2D eigenvalue weighted by molar-refractivity contribution is 0.246. The Labute approximate surface area is 111 Å². The summed E-state index contributed by atoms with van der Waals surface area (Å²) in [6, 6.07) is 2.31. The number of hydrogen-bond donors (Lipinski definition) is 1. The second kappa shape index (κ2) is 5.20. The Bertz CT molecular complexity index is 625. The van der Waals surface area contributed by atoms with Crippen LogP contribution in [0, 0.1) is 11.3 Å². The van der Waals surface area contributed by atoms with Gasteiger partial charge in [-0.1, -0.05) is 0 Å². The van der Waals surface area contributed by atoms with Gasteiger partial charge in [0.2, 0.25) is 0 Å². The van der Waals surface area contributed by atoms with E-state index in [0.29, 0.717) is 24.6 Å². The fraction of sp³-hybridized carbons (Fsp3) is 0.500. The van der Waals surface area contributed by atoms with Gasteiger partial charge in [0.05, 0.1) is 30.6 Å². The predicted octanol–water partition coefficient (Wildman–Crippen LogP) is 0.679. The topological polar surface area (TPSA) is 96.6 Å². The van der Waals surface area contributed by atoms with Gasteiger partial charge in [0, 0.05) is 13.1 Å². The van der Waals surface area contributed by atoms with Gasteiger partial charge in [-0.2, -0.15) is 10.4 Å². The molecule has 0 saturated carbocycles. The first kappa shape index (κ1) is 13.2. The summed E-state index contributed by atoms with van der Waals surface area (Å²) in [5.41, 5.74) is 6.63. The number of nitrogens with zero attached hydrogens (tertiary/aromatic N) is 6. The summed E-state index contributed by atoms with van der Waals surface area (Å²) in [6.45, 7) is 2.54. The van der Waals surface area contributed by atoms with E-state index in [9.17, 15) is 0 Å². The SMILES string of the molecule is CC(CC#N)N(C)Cc1nc(N)c2cnn(C)c2n1. The van der Waals surface area contributed by atoms with Gasteiger partial charge in [-0.3, -0.25) is 9.58 Å². The lowest BCUT2D eigenvalue weighted by Crippen LogP contribution is -2.29. The zero-order valence-corrected chi connectivity index (χ0v) is 11.3.